The van der Waals surface area contributed by atoms with E-state index < -0.39 is 47.0 Å². The Morgan fingerprint density at radius 2 is 1.42 bits per heavy atom. The van der Waals surface area contributed by atoms with Gasteiger partial charge >= 0.3 is 18.5 Å². The first kappa shape index (κ1) is 19.3. The van der Waals surface area contributed by atoms with Crippen molar-refractivity contribution in [3.63, 3.8) is 0 Å². The third-order valence-corrected chi connectivity index (χ3v) is 2.91. The molecule has 0 atom stereocenters. The highest BCUT2D eigenvalue weighted by atomic mass is 19.4. The lowest BCUT2D eigenvalue weighted by molar-refractivity contribution is -0.274. The fourth-order valence-electron chi connectivity index (χ4n) is 1.90. The zero-order valence-electron chi connectivity index (χ0n) is 12.3. The highest BCUT2D eigenvalue weighted by molar-refractivity contribution is 5.91. The van der Waals surface area contributed by atoms with E-state index >= 15 is 0 Å². The predicted octanol–water partition coefficient (Wildman–Crippen LogP) is 5.23. The third kappa shape index (κ3) is 4.55. The number of hydrogen-bond donors (Lipinski definition) is 1. The van der Waals surface area contributed by atoms with E-state index in [1.165, 1.54) is 0 Å². The van der Waals surface area contributed by atoms with Crippen molar-refractivity contribution >= 4 is 5.97 Å². The van der Waals surface area contributed by atoms with Gasteiger partial charge in [0.15, 0.2) is 5.82 Å². The van der Waals surface area contributed by atoms with E-state index in [1.807, 2.05) is 0 Å². The van der Waals surface area contributed by atoms with Gasteiger partial charge in [-0.2, -0.15) is 13.2 Å². The highest BCUT2D eigenvalue weighted by Gasteiger charge is 2.37. The van der Waals surface area contributed by atoms with E-state index in [4.69, 9.17) is 9.84 Å². The summed E-state index contributed by atoms with van der Waals surface area (Å²) in [5, 5.41) is 8.95. The van der Waals surface area contributed by atoms with Crippen LogP contribution in [0.15, 0.2) is 36.4 Å². The van der Waals surface area contributed by atoms with Crippen LogP contribution in [0.25, 0.3) is 0 Å². The molecule has 0 aromatic heterocycles. The van der Waals surface area contributed by atoms with E-state index in [0.717, 1.165) is 24.3 Å². The van der Waals surface area contributed by atoms with Crippen LogP contribution in [-0.2, 0) is 6.18 Å². The average Bonchev–Trinajstić information content (AvgIpc) is 2.46. The smallest absolute Gasteiger partial charge is 0.477 e. The second kappa shape index (κ2) is 6.73. The maximum absolute atomic E-state index is 13.9. The SMILES string of the molecule is O=C(O)c1c(Oc2ccc(OC(F)(F)F)cc2)ccc(C(F)(F)F)c1F. The molecule has 2 aromatic rings. The van der Waals surface area contributed by atoms with Crippen LogP contribution in [-0.4, -0.2) is 17.4 Å². The second-order valence-corrected chi connectivity index (χ2v) is 4.72. The van der Waals surface area contributed by atoms with E-state index in [1.54, 1.807) is 0 Å². The molecule has 0 unspecified atom stereocenters. The predicted molar refractivity (Wildman–Crippen MR) is 71.6 cm³/mol. The maximum atomic E-state index is 13.9. The Hall–Kier alpha value is -2.98. The van der Waals surface area contributed by atoms with Crippen LogP contribution in [0.2, 0.25) is 0 Å². The molecule has 140 valence electrons. The Balaban J connectivity index is 2.35. The molecular formula is C15H7F7O4. The third-order valence-electron chi connectivity index (χ3n) is 2.91. The van der Waals surface area contributed by atoms with Gasteiger partial charge in [0.25, 0.3) is 0 Å². The van der Waals surface area contributed by atoms with Crippen molar-refractivity contribution in [2.75, 3.05) is 0 Å². The fraction of sp³-hybridized carbons (Fsp3) is 0.133. The number of ether oxygens (including phenoxy) is 2. The number of carbonyl (C=O) groups is 1. The molecule has 0 aliphatic heterocycles. The largest absolute Gasteiger partial charge is 0.573 e. The molecule has 0 amide bonds. The lowest BCUT2D eigenvalue weighted by Crippen LogP contribution is -2.17. The molecule has 26 heavy (non-hydrogen) atoms. The van der Waals surface area contributed by atoms with Gasteiger partial charge in [-0.05, 0) is 36.4 Å². The quantitative estimate of drug-likeness (QED) is 0.734. The van der Waals surface area contributed by atoms with Crippen molar-refractivity contribution in [2.45, 2.75) is 12.5 Å². The van der Waals surface area contributed by atoms with Crippen LogP contribution in [0.5, 0.6) is 17.2 Å². The van der Waals surface area contributed by atoms with Crippen molar-refractivity contribution in [2.24, 2.45) is 0 Å². The topological polar surface area (TPSA) is 55.8 Å². The molecule has 0 saturated carbocycles. The molecule has 0 fully saturated rings. The summed E-state index contributed by atoms with van der Waals surface area (Å²) in [7, 11) is 0. The first-order valence-electron chi connectivity index (χ1n) is 6.55. The number of benzene rings is 2. The molecule has 4 nitrogen and oxygen atoms in total. The molecule has 0 aliphatic rings. The maximum Gasteiger partial charge on any atom is 0.573 e. The first-order chi connectivity index (χ1) is 11.9. The summed E-state index contributed by atoms with van der Waals surface area (Å²) < 4.78 is 96.6. The van der Waals surface area contributed by atoms with E-state index in [0.29, 0.717) is 6.07 Å². The minimum absolute atomic E-state index is 0.249. The summed E-state index contributed by atoms with van der Waals surface area (Å²) in [4.78, 5) is 11.1. The van der Waals surface area contributed by atoms with Gasteiger partial charge in [-0.15, -0.1) is 13.2 Å². The monoisotopic (exact) mass is 384 g/mol. The molecular weight excluding hydrogens is 377 g/mol. The summed E-state index contributed by atoms with van der Waals surface area (Å²) in [6.07, 6.45) is -10.1. The van der Waals surface area contributed by atoms with Crippen molar-refractivity contribution in [1.82, 2.24) is 0 Å². The second-order valence-electron chi connectivity index (χ2n) is 4.72. The first-order valence-corrected chi connectivity index (χ1v) is 6.55. The highest BCUT2D eigenvalue weighted by Crippen LogP contribution is 2.37. The summed E-state index contributed by atoms with van der Waals surface area (Å²) in [5.74, 6) is -5.67. The lowest BCUT2D eigenvalue weighted by atomic mass is 10.1. The van der Waals surface area contributed by atoms with Gasteiger partial charge in [-0.1, -0.05) is 0 Å². The number of alkyl halides is 6. The molecule has 0 spiro atoms. The molecule has 0 aliphatic carbocycles. The van der Waals surface area contributed by atoms with Crippen LogP contribution >= 0.6 is 0 Å². The molecule has 2 aromatic carbocycles. The molecule has 0 heterocycles. The molecule has 0 saturated heterocycles. The number of carboxylic acids is 1. The van der Waals surface area contributed by atoms with Crippen LogP contribution in [0, 0.1) is 5.82 Å². The number of hydrogen-bond acceptors (Lipinski definition) is 3. The number of halogens is 7. The minimum Gasteiger partial charge on any atom is -0.477 e. The van der Waals surface area contributed by atoms with Gasteiger partial charge in [-0.25, -0.2) is 9.18 Å². The van der Waals surface area contributed by atoms with E-state index in [2.05, 4.69) is 4.74 Å². The summed E-state index contributed by atoms with van der Waals surface area (Å²) in [5.41, 5.74) is -3.16. The van der Waals surface area contributed by atoms with Crippen LogP contribution in [0.4, 0.5) is 30.7 Å². The lowest BCUT2D eigenvalue weighted by Gasteiger charge is -2.14. The van der Waals surface area contributed by atoms with Crippen molar-refractivity contribution in [3.8, 4) is 17.2 Å². The Kier molecular flexibility index (Phi) is 5.01. The van der Waals surface area contributed by atoms with Crippen molar-refractivity contribution < 1.29 is 50.1 Å². The van der Waals surface area contributed by atoms with Gasteiger partial charge in [0.2, 0.25) is 0 Å². The zero-order chi connectivity index (χ0) is 19.7. The van der Waals surface area contributed by atoms with Gasteiger partial charge < -0.3 is 14.6 Å². The molecule has 1 N–H and O–H groups in total. The Morgan fingerprint density at radius 3 is 1.88 bits per heavy atom. The molecule has 0 bridgehead atoms. The number of rotatable bonds is 4. The van der Waals surface area contributed by atoms with Crippen LogP contribution in [0.1, 0.15) is 15.9 Å². The molecule has 2 rings (SSSR count). The Morgan fingerprint density at radius 1 is 0.885 bits per heavy atom. The number of aromatic carboxylic acids is 1. The van der Waals surface area contributed by atoms with Gasteiger partial charge in [0.1, 0.15) is 22.8 Å². The average molecular weight is 384 g/mol. The Labute approximate surface area is 140 Å². The normalized spacial score (nSPS) is 12.0. The van der Waals surface area contributed by atoms with Crippen molar-refractivity contribution in [1.29, 1.82) is 0 Å². The number of carboxylic acid groups (broad SMARTS) is 1. The van der Waals surface area contributed by atoms with Crippen LogP contribution < -0.4 is 9.47 Å². The summed E-state index contributed by atoms with van der Waals surface area (Å²) >= 11 is 0. The van der Waals surface area contributed by atoms with Gasteiger partial charge in [0.05, 0.1) is 5.56 Å². The van der Waals surface area contributed by atoms with E-state index in [-0.39, 0.29) is 11.8 Å². The zero-order valence-corrected chi connectivity index (χ0v) is 12.3. The molecule has 0 radical (unpaired) electrons. The van der Waals surface area contributed by atoms with Gasteiger partial charge in [0, 0.05) is 0 Å². The standard InChI is InChI=1S/C15H7F7O4/c16-12-9(14(17,18)19)5-6-10(11(12)13(23)24)25-7-1-3-8(4-2-7)26-15(20,21)22/h1-6H,(H,23,24). The summed E-state index contributed by atoms with van der Waals surface area (Å²) in [6, 6.07) is 4.39. The summed E-state index contributed by atoms with van der Waals surface area (Å²) in [6.45, 7) is 0. The Bertz CT molecular complexity index is 810. The molecule has 11 heteroatoms. The minimum atomic E-state index is -5.12. The van der Waals surface area contributed by atoms with Crippen molar-refractivity contribution in [3.05, 3.63) is 53.3 Å². The van der Waals surface area contributed by atoms with Crippen LogP contribution in [0.3, 0.4) is 0 Å². The fourth-order valence-corrected chi connectivity index (χ4v) is 1.90. The van der Waals surface area contributed by atoms with Gasteiger partial charge in [-0.3, -0.25) is 0 Å². The van der Waals surface area contributed by atoms with E-state index in [9.17, 15) is 35.5 Å².